The number of halogens is 2. The molecule has 0 amide bonds. The number of aryl methyl sites for hydroxylation is 2. The Hall–Kier alpha value is -0.340. The summed E-state index contributed by atoms with van der Waals surface area (Å²) in [6.45, 7) is 0. The Morgan fingerprint density at radius 1 is 0.688 bits per heavy atom. The molecule has 0 spiro atoms. The van der Waals surface area contributed by atoms with Crippen molar-refractivity contribution in [3.63, 3.8) is 0 Å². The summed E-state index contributed by atoms with van der Waals surface area (Å²) in [5.74, 6) is 0. The van der Waals surface area contributed by atoms with Gasteiger partial charge in [0.15, 0.2) is 0 Å². The first kappa shape index (κ1) is 12.1. The molecule has 0 saturated carbocycles. The van der Waals surface area contributed by atoms with Crippen LogP contribution in [0.3, 0.4) is 0 Å². The number of fused-ring (bicyclic) bond motifs is 1. The molecule has 0 heterocycles. The van der Waals surface area contributed by atoms with E-state index in [0.717, 1.165) is 23.5 Å². The highest BCUT2D eigenvalue weighted by Gasteiger charge is 2.04. The molecule has 0 atom stereocenters. The lowest BCUT2D eigenvalue weighted by atomic mass is 9.97. The van der Waals surface area contributed by atoms with E-state index in [-0.39, 0.29) is 0 Å². The van der Waals surface area contributed by atoms with Crippen LogP contribution in [-0.2, 0) is 12.8 Å². The molecule has 2 heteroatoms. The average molecular weight is 342 g/mol. The molecule has 0 bridgehead atoms. The van der Waals surface area contributed by atoms with Crippen molar-refractivity contribution < 1.29 is 0 Å². The molecule has 0 aliphatic carbocycles. The van der Waals surface area contributed by atoms with Gasteiger partial charge in [0.25, 0.3) is 0 Å². The third kappa shape index (κ3) is 2.49. The summed E-state index contributed by atoms with van der Waals surface area (Å²) in [7, 11) is 0. The van der Waals surface area contributed by atoms with Gasteiger partial charge in [0.1, 0.15) is 0 Å². The lowest BCUT2D eigenvalue weighted by Crippen LogP contribution is -1.93. The Labute approximate surface area is 113 Å². The van der Waals surface area contributed by atoms with Gasteiger partial charge in [0.05, 0.1) is 0 Å². The summed E-state index contributed by atoms with van der Waals surface area (Å²) < 4.78 is 0. The molecule has 84 valence electrons. The van der Waals surface area contributed by atoms with Crippen molar-refractivity contribution in [3.8, 4) is 0 Å². The van der Waals surface area contributed by atoms with E-state index in [1.165, 1.54) is 21.9 Å². The molecule has 2 aromatic rings. The van der Waals surface area contributed by atoms with Crippen LogP contribution >= 0.6 is 31.9 Å². The van der Waals surface area contributed by atoms with E-state index in [9.17, 15) is 0 Å². The zero-order valence-electron chi connectivity index (χ0n) is 9.05. The molecular formula is C14H14Br2. The van der Waals surface area contributed by atoms with E-state index < -0.39 is 0 Å². The van der Waals surface area contributed by atoms with Crippen molar-refractivity contribution in [2.24, 2.45) is 0 Å². The molecule has 0 unspecified atom stereocenters. The summed E-state index contributed by atoms with van der Waals surface area (Å²) in [5.41, 5.74) is 2.87. The minimum absolute atomic E-state index is 1.02. The second-order valence-corrected chi connectivity index (χ2v) is 5.39. The van der Waals surface area contributed by atoms with Crippen LogP contribution in [0.5, 0.6) is 0 Å². The molecule has 0 N–H and O–H groups in total. The summed E-state index contributed by atoms with van der Waals surface area (Å²) in [6.07, 6.45) is 2.18. The summed E-state index contributed by atoms with van der Waals surface area (Å²) in [4.78, 5) is 0. The van der Waals surface area contributed by atoms with E-state index in [2.05, 4.69) is 68.3 Å². The number of benzene rings is 2. The third-order valence-corrected chi connectivity index (χ3v) is 3.63. The largest absolute Gasteiger partial charge is 0.0924 e. The average Bonchev–Trinajstić information content (AvgIpc) is 2.33. The monoisotopic (exact) mass is 340 g/mol. The Morgan fingerprint density at radius 2 is 1.12 bits per heavy atom. The maximum absolute atomic E-state index is 3.51. The second-order valence-electron chi connectivity index (χ2n) is 3.81. The van der Waals surface area contributed by atoms with Gasteiger partial charge in [-0.15, -0.1) is 0 Å². The number of rotatable bonds is 4. The third-order valence-electron chi connectivity index (χ3n) is 2.83. The predicted molar refractivity (Wildman–Crippen MR) is 78.9 cm³/mol. The van der Waals surface area contributed by atoms with Crippen molar-refractivity contribution in [3.05, 3.63) is 47.5 Å². The van der Waals surface area contributed by atoms with Crippen molar-refractivity contribution in [2.45, 2.75) is 12.8 Å². The molecule has 2 aromatic carbocycles. The van der Waals surface area contributed by atoms with Gasteiger partial charge in [-0.05, 0) is 34.7 Å². The van der Waals surface area contributed by atoms with Gasteiger partial charge in [-0.2, -0.15) is 0 Å². The highest BCUT2D eigenvalue weighted by Crippen LogP contribution is 2.24. The van der Waals surface area contributed by atoms with Gasteiger partial charge in [0.2, 0.25) is 0 Å². The Bertz CT molecular complexity index is 433. The van der Waals surface area contributed by atoms with Crippen molar-refractivity contribution in [1.29, 1.82) is 0 Å². The molecular weight excluding hydrogens is 328 g/mol. The van der Waals surface area contributed by atoms with Crippen molar-refractivity contribution in [2.75, 3.05) is 10.7 Å². The SMILES string of the molecule is BrCCc1ccc(CCBr)c2ccccc12. The van der Waals surface area contributed by atoms with E-state index in [0.29, 0.717) is 0 Å². The van der Waals surface area contributed by atoms with Gasteiger partial charge < -0.3 is 0 Å². The molecule has 0 saturated heterocycles. The number of hydrogen-bond donors (Lipinski definition) is 0. The van der Waals surface area contributed by atoms with Gasteiger partial charge >= 0.3 is 0 Å². The van der Waals surface area contributed by atoms with E-state index >= 15 is 0 Å². The fourth-order valence-electron chi connectivity index (χ4n) is 2.06. The fraction of sp³-hybridized carbons (Fsp3) is 0.286. The van der Waals surface area contributed by atoms with Crippen LogP contribution in [0, 0.1) is 0 Å². The normalized spacial score (nSPS) is 10.9. The summed E-state index contributed by atoms with van der Waals surface area (Å²) in [6, 6.07) is 13.2. The van der Waals surface area contributed by atoms with E-state index in [4.69, 9.17) is 0 Å². The topological polar surface area (TPSA) is 0 Å². The minimum atomic E-state index is 1.02. The summed E-state index contributed by atoms with van der Waals surface area (Å²) in [5, 5.41) is 4.85. The van der Waals surface area contributed by atoms with Gasteiger partial charge in [-0.25, -0.2) is 0 Å². The lowest BCUT2D eigenvalue weighted by Gasteiger charge is -2.09. The molecule has 2 rings (SSSR count). The van der Waals surface area contributed by atoms with Gasteiger partial charge in [0, 0.05) is 10.7 Å². The molecule has 0 radical (unpaired) electrons. The van der Waals surface area contributed by atoms with E-state index in [1.54, 1.807) is 0 Å². The van der Waals surface area contributed by atoms with Crippen LogP contribution < -0.4 is 0 Å². The van der Waals surface area contributed by atoms with Gasteiger partial charge in [-0.1, -0.05) is 68.3 Å². The number of alkyl halides is 2. The first-order valence-electron chi connectivity index (χ1n) is 5.48. The maximum atomic E-state index is 3.51. The molecule has 0 nitrogen and oxygen atoms in total. The standard InChI is InChI=1S/C14H14Br2/c15-9-7-11-5-6-12(8-10-16)14-4-2-1-3-13(11)14/h1-6H,7-10H2. The van der Waals surface area contributed by atoms with Crippen LogP contribution in [-0.4, -0.2) is 10.7 Å². The van der Waals surface area contributed by atoms with Crippen molar-refractivity contribution in [1.82, 2.24) is 0 Å². The highest BCUT2D eigenvalue weighted by molar-refractivity contribution is 9.09. The Kier molecular flexibility index (Phi) is 4.42. The quantitative estimate of drug-likeness (QED) is 0.706. The van der Waals surface area contributed by atoms with E-state index in [1.807, 2.05) is 0 Å². The van der Waals surface area contributed by atoms with Crippen molar-refractivity contribution >= 4 is 42.6 Å². The molecule has 0 aromatic heterocycles. The van der Waals surface area contributed by atoms with Gasteiger partial charge in [-0.3, -0.25) is 0 Å². The predicted octanol–water partition coefficient (Wildman–Crippen LogP) is 4.71. The highest BCUT2D eigenvalue weighted by atomic mass is 79.9. The fourth-order valence-corrected chi connectivity index (χ4v) is 2.92. The minimum Gasteiger partial charge on any atom is -0.0924 e. The smallest absolute Gasteiger partial charge is 0.00720 e. The first-order chi connectivity index (χ1) is 7.86. The molecule has 0 fully saturated rings. The zero-order chi connectivity index (χ0) is 11.4. The van der Waals surface area contributed by atoms with Crippen LogP contribution in [0.15, 0.2) is 36.4 Å². The summed E-state index contributed by atoms with van der Waals surface area (Å²) >= 11 is 7.03. The maximum Gasteiger partial charge on any atom is 0.00720 e. The lowest BCUT2D eigenvalue weighted by molar-refractivity contribution is 1.16. The Morgan fingerprint density at radius 3 is 1.50 bits per heavy atom. The van der Waals surface area contributed by atoms with Crippen LogP contribution in [0.2, 0.25) is 0 Å². The van der Waals surface area contributed by atoms with Crippen LogP contribution in [0.4, 0.5) is 0 Å². The van der Waals surface area contributed by atoms with Crippen LogP contribution in [0.1, 0.15) is 11.1 Å². The number of hydrogen-bond acceptors (Lipinski definition) is 0. The molecule has 0 aliphatic heterocycles. The second kappa shape index (κ2) is 5.83. The first-order valence-corrected chi connectivity index (χ1v) is 7.72. The zero-order valence-corrected chi connectivity index (χ0v) is 12.2. The van der Waals surface area contributed by atoms with Crippen LogP contribution in [0.25, 0.3) is 10.8 Å². The molecule has 16 heavy (non-hydrogen) atoms. The molecule has 0 aliphatic rings. The Balaban J connectivity index is 2.57.